The average Bonchev–Trinajstić information content (AvgIpc) is 2.96. The van der Waals surface area contributed by atoms with Crippen LogP contribution in [0.3, 0.4) is 0 Å². The Balaban J connectivity index is 1.87. The summed E-state index contributed by atoms with van der Waals surface area (Å²) in [6, 6.07) is 4.06. The van der Waals surface area contributed by atoms with Gasteiger partial charge in [-0.3, -0.25) is 9.48 Å². The fourth-order valence-electron chi connectivity index (χ4n) is 2.14. The van der Waals surface area contributed by atoms with Gasteiger partial charge >= 0.3 is 6.61 Å². The van der Waals surface area contributed by atoms with Gasteiger partial charge in [0.2, 0.25) is 0 Å². The van der Waals surface area contributed by atoms with Crippen molar-refractivity contribution in [2.24, 2.45) is 0 Å². The highest BCUT2D eigenvalue weighted by Crippen LogP contribution is 2.29. The van der Waals surface area contributed by atoms with Crippen molar-refractivity contribution in [3.05, 3.63) is 41.7 Å². The van der Waals surface area contributed by atoms with Gasteiger partial charge in [0.25, 0.3) is 5.91 Å². The number of nitrogens with one attached hydrogen (secondary N) is 1. The number of carbonyl (C=O) groups is 1. The first-order valence-electron chi connectivity index (χ1n) is 7.39. The largest absolute Gasteiger partial charge is 0.493 e. The fraction of sp³-hybridized carbons (Fsp3) is 0.375. The molecule has 0 bridgehead atoms. The van der Waals surface area contributed by atoms with Crippen molar-refractivity contribution in [3.8, 4) is 11.5 Å². The van der Waals surface area contributed by atoms with Gasteiger partial charge in [-0.25, -0.2) is 0 Å². The Labute approximate surface area is 138 Å². The topological polar surface area (TPSA) is 65.4 Å². The molecule has 130 valence electrons. The molecule has 1 aromatic heterocycles. The number of hydrogen-bond donors (Lipinski definition) is 1. The van der Waals surface area contributed by atoms with Crippen LogP contribution in [-0.4, -0.2) is 36.0 Å². The minimum absolute atomic E-state index is 0.0787. The third-order valence-corrected chi connectivity index (χ3v) is 3.25. The van der Waals surface area contributed by atoms with Gasteiger partial charge in [-0.05, 0) is 37.1 Å². The van der Waals surface area contributed by atoms with E-state index in [1.54, 1.807) is 10.9 Å². The zero-order valence-electron chi connectivity index (χ0n) is 13.5. The lowest BCUT2D eigenvalue weighted by Crippen LogP contribution is -2.25. The number of halogens is 2. The van der Waals surface area contributed by atoms with E-state index in [1.807, 2.05) is 13.1 Å². The molecule has 2 rings (SSSR count). The number of carbonyl (C=O) groups excluding carboxylic acids is 1. The molecule has 1 heterocycles. The van der Waals surface area contributed by atoms with E-state index < -0.39 is 6.61 Å². The van der Waals surface area contributed by atoms with Crippen LogP contribution in [0.1, 0.15) is 22.3 Å². The van der Waals surface area contributed by atoms with E-state index in [4.69, 9.17) is 4.74 Å². The number of aromatic nitrogens is 2. The number of rotatable bonds is 8. The highest BCUT2D eigenvalue weighted by Gasteiger charge is 2.14. The zero-order valence-corrected chi connectivity index (χ0v) is 13.5. The molecule has 1 aromatic carbocycles. The molecule has 0 saturated carbocycles. The van der Waals surface area contributed by atoms with Gasteiger partial charge < -0.3 is 14.8 Å². The molecule has 1 amide bonds. The van der Waals surface area contributed by atoms with Gasteiger partial charge in [-0.1, -0.05) is 0 Å². The minimum Gasteiger partial charge on any atom is -0.493 e. The van der Waals surface area contributed by atoms with Crippen LogP contribution >= 0.6 is 0 Å². The number of methoxy groups -OCH3 is 1. The highest BCUT2D eigenvalue weighted by atomic mass is 19.3. The molecule has 2 aromatic rings. The number of amides is 1. The summed E-state index contributed by atoms with van der Waals surface area (Å²) in [5, 5.41) is 6.92. The second-order valence-corrected chi connectivity index (χ2v) is 5.13. The van der Waals surface area contributed by atoms with Gasteiger partial charge in [0.05, 0.1) is 13.3 Å². The van der Waals surface area contributed by atoms with Crippen LogP contribution in [0.25, 0.3) is 0 Å². The van der Waals surface area contributed by atoms with Crippen LogP contribution in [0, 0.1) is 6.92 Å². The lowest BCUT2D eigenvalue weighted by Gasteiger charge is -2.11. The van der Waals surface area contributed by atoms with E-state index in [0.717, 1.165) is 12.0 Å². The number of alkyl halides is 2. The Morgan fingerprint density at radius 3 is 2.79 bits per heavy atom. The van der Waals surface area contributed by atoms with Crippen molar-refractivity contribution >= 4 is 5.91 Å². The SMILES string of the molecule is COc1cc(C(=O)NCCCn2cc(C)cn2)ccc1OC(F)F. The van der Waals surface area contributed by atoms with Crippen LogP contribution in [0.2, 0.25) is 0 Å². The Kier molecular flexibility index (Phi) is 6.11. The quantitative estimate of drug-likeness (QED) is 0.751. The summed E-state index contributed by atoms with van der Waals surface area (Å²) in [5.74, 6) is -0.346. The Hall–Kier alpha value is -2.64. The third kappa shape index (κ3) is 4.94. The van der Waals surface area contributed by atoms with E-state index in [1.165, 1.54) is 25.3 Å². The van der Waals surface area contributed by atoms with Crippen LogP contribution in [0.5, 0.6) is 11.5 Å². The van der Waals surface area contributed by atoms with Crippen LogP contribution < -0.4 is 14.8 Å². The molecule has 0 aliphatic heterocycles. The van der Waals surface area contributed by atoms with E-state index >= 15 is 0 Å². The third-order valence-electron chi connectivity index (χ3n) is 3.25. The maximum atomic E-state index is 12.3. The van der Waals surface area contributed by atoms with E-state index in [9.17, 15) is 13.6 Å². The predicted octanol–water partition coefficient (Wildman–Crippen LogP) is 2.62. The highest BCUT2D eigenvalue weighted by molar-refractivity contribution is 5.94. The maximum Gasteiger partial charge on any atom is 0.387 e. The number of ether oxygens (including phenoxy) is 2. The Bertz CT molecular complexity index is 689. The summed E-state index contributed by atoms with van der Waals surface area (Å²) < 4.78 is 35.7. The van der Waals surface area contributed by atoms with Crippen molar-refractivity contribution in [1.29, 1.82) is 0 Å². The van der Waals surface area contributed by atoms with Gasteiger partial charge in [0.1, 0.15) is 0 Å². The molecule has 0 fully saturated rings. The van der Waals surface area contributed by atoms with E-state index in [-0.39, 0.29) is 17.4 Å². The van der Waals surface area contributed by atoms with Gasteiger partial charge in [-0.2, -0.15) is 13.9 Å². The van der Waals surface area contributed by atoms with Crippen LogP contribution in [0.15, 0.2) is 30.6 Å². The summed E-state index contributed by atoms with van der Waals surface area (Å²) in [5.41, 5.74) is 1.39. The molecule has 6 nitrogen and oxygen atoms in total. The van der Waals surface area contributed by atoms with Gasteiger partial charge in [0.15, 0.2) is 11.5 Å². The molecule has 0 spiro atoms. The first kappa shape index (κ1) is 17.7. The Morgan fingerprint density at radius 1 is 1.38 bits per heavy atom. The Morgan fingerprint density at radius 2 is 2.17 bits per heavy atom. The van der Waals surface area contributed by atoms with Gasteiger partial charge in [-0.15, -0.1) is 0 Å². The molecule has 1 N–H and O–H groups in total. The average molecular weight is 339 g/mol. The molecule has 0 aliphatic carbocycles. The van der Waals surface area contributed by atoms with Crippen molar-refractivity contribution < 1.29 is 23.0 Å². The smallest absolute Gasteiger partial charge is 0.387 e. The summed E-state index contributed by atoms with van der Waals surface area (Å²) in [6.07, 6.45) is 4.42. The van der Waals surface area contributed by atoms with Crippen LogP contribution in [-0.2, 0) is 6.54 Å². The van der Waals surface area contributed by atoms with Crippen molar-refractivity contribution in [3.63, 3.8) is 0 Å². The molecule has 0 saturated heterocycles. The van der Waals surface area contributed by atoms with Crippen molar-refractivity contribution in [2.75, 3.05) is 13.7 Å². The molecule has 0 radical (unpaired) electrons. The number of benzene rings is 1. The molecule has 0 atom stereocenters. The van der Waals surface area contributed by atoms with Crippen molar-refractivity contribution in [2.45, 2.75) is 26.5 Å². The number of hydrogen-bond acceptors (Lipinski definition) is 4. The zero-order chi connectivity index (χ0) is 17.5. The fourth-order valence-corrected chi connectivity index (χ4v) is 2.14. The van der Waals surface area contributed by atoms with E-state index in [2.05, 4.69) is 15.2 Å². The molecule has 0 unspecified atom stereocenters. The summed E-state index contributed by atoms with van der Waals surface area (Å²) in [6.45, 7) is 0.165. The number of nitrogens with zero attached hydrogens (tertiary/aromatic N) is 2. The second-order valence-electron chi connectivity index (χ2n) is 5.13. The summed E-state index contributed by atoms with van der Waals surface area (Å²) in [7, 11) is 1.32. The molecule has 8 heteroatoms. The second kappa shape index (κ2) is 8.28. The summed E-state index contributed by atoms with van der Waals surface area (Å²) >= 11 is 0. The molecule has 24 heavy (non-hydrogen) atoms. The monoisotopic (exact) mass is 339 g/mol. The van der Waals surface area contributed by atoms with Crippen LogP contribution in [0.4, 0.5) is 8.78 Å². The number of aryl methyl sites for hydroxylation is 2. The minimum atomic E-state index is -2.95. The first-order valence-corrected chi connectivity index (χ1v) is 7.39. The first-order chi connectivity index (χ1) is 11.5. The lowest BCUT2D eigenvalue weighted by atomic mass is 10.2. The van der Waals surface area contributed by atoms with Gasteiger partial charge in [0, 0.05) is 24.8 Å². The lowest BCUT2D eigenvalue weighted by molar-refractivity contribution is -0.0512. The molecule has 0 aliphatic rings. The van der Waals surface area contributed by atoms with E-state index in [0.29, 0.717) is 18.7 Å². The summed E-state index contributed by atoms with van der Waals surface area (Å²) in [4.78, 5) is 12.1. The standard InChI is InChI=1S/C16H19F2N3O3/c1-11-9-20-21(10-11)7-3-6-19-15(22)12-4-5-13(24-16(17)18)14(8-12)23-2/h4-5,8-10,16H,3,6-7H2,1-2H3,(H,19,22). The molecular weight excluding hydrogens is 320 g/mol. The normalized spacial score (nSPS) is 10.7. The molecular formula is C16H19F2N3O3. The maximum absolute atomic E-state index is 12.3. The predicted molar refractivity (Wildman–Crippen MR) is 83.5 cm³/mol. The van der Waals surface area contributed by atoms with Crippen molar-refractivity contribution in [1.82, 2.24) is 15.1 Å².